The van der Waals surface area contributed by atoms with Crippen molar-refractivity contribution in [2.24, 2.45) is 0 Å². The summed E-state index contributed by atoms with van der Waals surface area (Å²) in [6.45, 7) is 6.58. The summed E-state index contributed by atoms with van der Waals surface area (Å²) >= 11 is 0. The Morgan fingerprint density at radius 1 is 0.266 bits per heavy atom. The molecule has 0 aromatic heterocycles. The SMILES string of the molecule is CC/C=C\C/C=C\C/C=C\C/C=C\C/C=C\CCCCCCCCCC(=O)OC(COC(=O)CCCCCCCCCCCCCCC)COC(=O)CCCCCCCCCCCCCCCCCCCCCCCCCCC. The van der Waals surface area contributed by atoms with Crippen LogP contribution in [0.2, 0.25) is 0 Å². The van der Waals surface area contributed by atoms with Crippen LogP contribution in [0, 0.1) is 0 Å². The van der Waals surface area contributed by atoms with Gasteiger partial charge in [-0.05, 0) is 64.2 Å². The molecule has 0 rings (SSSR count). The van der Waals surface area contributed by atoms with Crippen molar-refractivity contribution in [3.63, 3.8) is 0 Å². The van der Waals surface area contributed by atoms with Crippen LogP contribution in [0.1, 0.15) is 367 Å². The van der Waals surface area contributed by atoms with Crippen molar-refractivity contribution >= 4 is 17.9 Å². The number of ether oxygens (including phenoxy) is 3. The van der Waals surface area contributed by atoms with Crippen LogP contribution >= 0.6 is 0 Å². The zero-order chi connectivity index (χ0) is 57.1. The van der Waals surface area contributed by atoms with E-state index in [-0.39, 0.29) is 31.1 Å². The molecule has 0 aliphatic heterocycles. The topological polar surface area (TPSA) is 78.9 Å². The van der Waals surface area contributed by atoms with E-state index in [2.05, 4.69) is 81.5 Å². The quantitative estimate of drug-likeness (QED) is 0.0261. The largest absolute Gasteiger partial charge is 0.462 e. The molecule has 6 heteroatoms. The molecule has 0 aliphatic carbocycles. The van der Waals surface area contributed by atoms with Gasteiger partial charge in [0, 0.05) is 19.3 Å². The number of hydrogen-bond acceptors (Lipinski definition) is 6. The maximum atomic E-state index is 12.9. The number of hydrogen-bond donors (Lipinski definition) is 0. The molecule has 79 heavy (non-hydrogen) atoms. The van der Waals surface area contributed by atoms with Crippen LogP contribution in [-0.2, 0) is 28.6 Å². The molecule has 0 radical (unpaired) electrons. The zero-order valence-corrected chi connectivity index (χ0v) is 52.9. The molecule has 6 nitrogen and oxygen atoms in total. The van der Waals surface area contributed by atoms with Gasteiger partial charge in [-0.2, -0.15) is 0 Å². The van der Waals surface area contributed by atoms with Gasteiger partial charge in [-0.25, -0.2) is 0 Å². The lowest BCUT2D eigenvalue weighted by Gasteiger charge is -2.18. The van der Waals surface area contributed by atoms with Crippen LogP contribution in [0.4, 0.5) is 0 Å². The molecule has 0 fully saturated rings. The summed E-state index contributed by atoms with van der Waals surface area (Å²) in [5.74, 6) is -0.860. The molecule has 0 saturated carbocycles. The predicted molar refractivity (Wildman–Crippen MR) is 344 cm³/mol. The van der Waals surface area contributed by atoms with E-state index in [9.17, 15) is 14.4 Å². The highest BCUT2D eigenvalue weighted by Gasteiger charge is 2.19. The summed E-state index contributed by atoms with van der Waals surface area (Å²) in [5.41, 5.74) is 0. The minimum absolute atomic E-state index is 0.0738. The molecular weight excluding hydrogens is 973 g/mol. The lowest BCUT2D eigenvalue weighted by Crippen LogP contribution is -2.30. The number of carbonyl (C=O) groups excluding carboxylic acids is 3. The standard InChI is InChI=1S/C73H132O6/c1-4-7-10-13-16-19-22-25-27-29-31-33-35-36-38-39-41-43-45-48-51-54-57-60-63-66-72(75)78-69-70(68-77-71(74)65-62-59-56-53-50-47-24-21-18-15-12-9-6-3)79-73(76)67-64-61-58-55-52-49-46-44-42-40-37-34-32-30-28-26-23-20-17-14-11-8-5-2/h8,11,17,20,26,28,32,34,40,42,70H,4-7,9-10,12-16,18-19,21-25,27,29-31,33,35-39,41,43-69H2,1-3H3/b11-8-,20-17-,28-26-,34-32-,42-40-. The summed E-state index contributed by atoms with van der Waals surface area (Å²) in [5, 5.41) is 0. The van der Waals surface area contributed by atoms with Gasteiger partial charge in [-0.15, -0.1) is 0 Å². The van der Waals surface area contributed by atoms with Gasteiger partial charge in [-0.1, -0.05) is 345 Å². The van der Waals surface area contributed by atoms with Crippen molar-refractivity contribution in [2.45, 2.75) is 374 Å². The second-order valence-corrected chi connectivity index (χ2v) is 23.4. The minimum atomic E-state index is -0.779. The molecule has 0 heterocycles. The zero-order valence-electron chi connectivity index (χ0n) is 52.9. The summed E-state index contributed by atoms with van der Waals surface area (Å²) < 4.78 is 17.0. The van der Waals surface area contributed by atoms with Gasteiger partial charge in [0.05, 0.1) is 0 Å². The third kappa shape index (κ3) is 65.8. The Morgan fingerprint density at radius 2 is 0.494 bits per heavy atom. The molecule has 1 unspecified atom stereocenters. The Balaban J connectivity index is 4.27. The van der Waals surface area contributed by atoms with E-state index in [0.717, 1.165) is 96.3 Å². The van der Waals surface area contributed by atoms with Crippen molar-refractivity contribution in [1.82, 2.24) is 0 Å². The average Bonchev–Trinajstić information content (AvgIpc) is 3.45. The van der Waals surface area contributed by atoms with Crippen LogP contribution in [0.3, 0.4) is 0 Å². The van der Waals surface area contributed by atoms with Gasteiger partial charge >= 0.3 is 17.9 Å². The van der Waals surface area contributed by atoms with E-state index < -0.39 is 6.10 Å². The second-order valence-electron chi connectivity index (χ2n) is 23.4. The van der Waals surface area contributed by atoms with Crippen LogP contribution < -0.4 is 0 Å². The number of rotatable bonds is 64. The first-order valence-electron chi connectivity index (χ1n) is 34.8. The summed E-state index contributed by atoms with van der Waals surface area (Å²) in [6, 6.07) is 0. The van der Waals surface area contributed by atoms with E-state index >= 15 is 0 Å². The van der Waals surface area contributed by atoms with Crippen LogP contribution in [-0.4, -0.2) is 37.2 Å². The van der Waals surface area contributed by atoms with E-state index in [0.29, 0.717) is 19.3 Å². The molecule has 0 N–H and O–H groups in total. The fourth-order valence-corrected chi connectivity index (χ4v) is 10.4. The molecule has 460 valence electrons. The number of unbranched alkanes of at least 4 members (excludes halogenated alkanes) is 43. The third-order valence-electron chi connectivity index (χ3n) is 15.5. The lowest BCUT2D eigenvalue weighted by atomic mass is 10.0. The highest BCUT2D eigenvalue weighted by atomic mass is 16.6. The molecule has 1 atom stereocenters. The summed E-state index contributed by atoms with van der Waals surface area (Å²) in [4.78, 5) is 38.4. The average molecular weight is 1110 g/mol. The monoisotopic (exact) mass is 1110 g/mol. The Bertz CT molecular complexity index is 1410. The maximum Gasteiger partial charge on any atom is 0.306 e. The summed E-state index contributed by atoms with van der Waals surface area (Å²) in [6.07, 6.45) is 86.7. The molecule has 0 saturated heterocycles. The Morgan fingerprint density at radius 3 is 0.772 bits per heavy atom. The van der Waals surface area contributed by atoms with Crippen molar-refractivity contribution in [1.29, 1.82) is 0 Å². The van der Waals surface area contributed by atoms with Crippen molar-refractivity contribution < 1.29 is 28.6 Å². The van der Waals surface area contributed by atoms with Gasteiger partial charge < -0.3 is 14.2 Å². The molecular formula is C73H132O6. The molecule has 0 aromatic rings. The molecule has 0 aliphatic rings. The fourth-order valence-electron chi connectivity index (χ4n) is 10.4. The van der Waals surface area contributed by atoms with Crippen LogP contribution in [0.25, 0.3) is 0 Å². The normalized spacial score (nSPS) is 12.4. The van der Waals surface area contributed by atoms with Gasteiger partial charge in [0.25, 0.3) is 0 Å². The number of carbonyl (C=O) groups is 3. The van der Waals surface area contributed by atoms with Gasteiger partial charge in [0.1, 0.15) is 13.2 Å². The first-order chi connectivity index (χ1) is 39.0. The second kappa shape index (κ2) is 67.6. The van der Waals surface area contributed by atoms with Gasteiger partial charge in [0.15, 0.2) is 6.10 Å². The first-order valence-corrected chi connectivity index (χ1v) is 34.8. The Labute approximate surface area is 491 Å². The van der Waals surface area contributed by atoms with Gasteiger partial charge in [-0.3, -0.25) is 14.4 Å². The molecule has 0 aromatic carbocycles. The lowest BCUT2D eigenvalue weighted by molar-refractivity contribution is -0.167. The van der Waals surface area contributed by atoms with Crippen LogP contribution in [0.5, 0.6) is 0 Å². The highest BCUT2D eigenvalue weighted by molar-refractivity contribution is 5.71. The van der Waals surface area contributed by atoms with E-state index in [1.807, 2.05) is 0 Å². The van der Waals surface area contributed by atoms with E-state index in [1.54, 1.807) is 0 Å². The highest BCUT2D eigenvalue weighted by Crippen LogP contribution is 2.18. The van der Waals surface area contributed by atoms with E-state index in [4.69, 9.17) is 14.2 Å². The number of esters is 3. The van der Waals surface area contributed by atoms with E-state index in [1.165, 1.54) is 231 Å². The third-order valence-corrected chi connectivity index (χ3v) is 15.5. The van der Waals surface area contributed by atoms with Crippen LogP contribution in [0.15, 0.2) is 60.8 Å². The molecule has 0 bridgehead atoms. The fraction of sp³-hybridized carbons (Fsp3) is 0.822. The Hall–Kier alpha value is -2.89. The Kier molecular flexibility index (Phi) is 65.1. The van der Waals surface area contributed by atoms with Crippen molar-refractivity contribution in [3.8, 4) is 0 Å². The van der Waals surface area contributed by atoms with Gasteiger partial charge in [0.2, 0.25) is 0 Å². The summed E-state index contributed by atoms with van der Waals surface area (Å²) in [7, 11) is 0. The minimum Gasteiger partial charge on any atom is -0.462 e. The predicted octanol–water partition coefficient (Wildman–Crippen LogP) is 23.9. The van der Waals surface area contributed by atoms with Crippen molar-refractivity contribution in [2.75, 3.05) is 13.2 Å². The van der Waals surface area contributed by atoms with Crippen molar-refractivity contribution in [3.05, 3.63) is 60.8 Å². The number of allylic oxidation sites excluding steroid dienone is 10. The maximum absolute atomic E-state index is 12.9. The molecule has 0 amide bonds. The first kappa shape index (κ1) is 76.1. The molecule has 0 spiro atoms. The smallest absolute Gasteiger partial charge is 0.306 e.